The van der Waals surface area contributed by atoms with Crippen LogP contribution in [0.15, 0.2) is 217 Å². The Kier molecular flexibility index (Phi) is 8.13. The summed E-state index contributed by atoms with van der Waals surface area (Å²) in [4.78, 5) is 15.6. The number of fused-ring (bicyclic) bond motifs is 7. The maximum atomic E-state index is 6.61. The van der Waals surface area contributed by atoms with Crippen LogP contribution in [0.1, 0.15) is 0 Å². The molecule has 0 N–H and O–H groups in total. The Hall–Kier alpha value is -8.21. The fourth-order valence-corrected chi connectivity index (χ4v) is 8.96. The molecule has 4 heteroatoms. The summed E-state index contributed by atoms with van der Waals surface area (Å²) in [5, 5.41) is 6.58. The van der Waals surface area contributed by atoms with E-state index in [1.165, 1.54) is 10.9 Å². The smallest absolute Gasteiger partial charge is 0.160 e. The molecule has 0 aliphatic rings. The van der Waals surface area contributed by atoms with Crippen LogP contribution in [0.3, 0.4) is 0 Å². The van der Waals surface area contributed by atoms with Crippen LogP contribution >= 0.6 is 0 Å². The molecule has 0 bridgehead atoms. The molecule has 0 spiro atoms. The summed E-state index contributed by atoms with van der Waals surface area (Å²) in [6.07, 6.45) is 0. The third kappa shape index (κ3) is 5.96. The average molecular weight is 778 g/mol. The van der Waals surface area contributed by atoms with E-state index < -0.39 is 0 Å². The lowest BCUT2D eigenvalue weighted by Gasteiger charge is -2.16. The molecular weight excluding hydrogens is 743 g/mol. The predicted molar refractivity (Wildman–Crippen MR) is 252 cm³/mol. The van der Waals surface area contributed by atoms with Crippen molar-refractivity contribution in [3.63, 3.8) is 0 Å². The molecule has 12 aromatic rings. The van der Waals surface area contributed by atoms with E-state index in [1.54, 1.807) is 0 Å². The number of benzene rings is 9. The van der Waals surface area contributed by atoms with Crippen LogP contribution in [0.2, 0.25) is 0 Å². The molecule has 0 fully saturated rings. The number of rotatable bonds is 6. The largest absolute Gasteiger partial charge is 0.456 e. The number of para-hydroxylation sites is 3. The molecule has 284 valence electrons. The fraction of sp³-hybridized carbons (Fsp3) is 0. The van der Waals surface area contributed by atoms with Gasteiger partial charge in [0.25, 0.3) is 0 Å². The Bertz CT molecular complexity index is 3610. The van der Waals surface area contributed by atoms with Crippen LogP contribution in [-0.2, 0) is 0 Å². The molecule has 12 rings (SSSR count). The number of pyridine rings is 1. The van der Waals surface area contributed by atoms with Crippen LogP contribution in [0.25, 0.3) is 122 Å². The van der Waals surface area contributed by atoms with Crippen molar-refractivity contribution < 1.29 is 4.42 Å². The number of furan rings is 1. The van der Waals surface area contributed by atoms with Gasteiger partial charge in [-0.3, -0.25) is 0 Å². The van der Waals surface area contributed by atoms with Crippen molar-refractivity contribution in [3.05, 3.63) is 212 Å². The zero-order valence-electron chi connectivity index (χ0n) is 33.0. The standard InChI is InChI=1S/C57H35N3O/c1-3-14-36(15-4-1)37-28-32-41(33-29-37)57-59-49-24-11-8-21-45(49)55(60-57)40-30-26-38(27-31-40)42-18-13-19-43(34-42)56-47-35-51-54(46-22-9-12-25-50(46)61-51)52(39-16-5-2-6-17-39)53(47)44-20-7-10-23-48(44)58-56/h1-35H. The lowest BCUT2D eigenvalue weighted by molar-refractivity contribution is 0.669. The van der Waals surface area contributed by atoms with Crippen molar-refractivity contribution >= 4 is 54.5 Å². The van der Waals surface area contributed by atoms with E-state index in [2.05, 4.69) is 194 Å². The van der Waals surface area contributed by atoms with Gasteiger partial charge in [-0.2, -0.15) is 0 Å². The molecule has 0 atom stereocenters. The number of hydrogen-bond acceptors (Lipinski definition) is 4. The molecule has 4 nitrogen and oxygen atoms in total. The van der Waals surface area contributed by atoms with Crippen molar-refractivity contribution in [2.45, 2.75) is 0 Å². The van der Waals surface area contributed by atoms with Crippen molar-refractivity contribution in [3.8, 4) is 67.3 Å². The molecule has 3 aromatic heterocycles. The van der Waals surface area contributed by atoms with Gasteiger partial charge in [-0.1, -0.05) is 182 Å². The van der Waals surface area contributed by atoms with Gasteiger partial charge < -0.3 is 4.42 Å². The Morgan fingerprint density at radius 1 is 0.279 bits per heavy atom. The maximum Gasteiger partial charge on any atom is 0.160 e. The SMILES string of the molecule is c1ccc(-c2ccc(-c3nc(-c4ccc(-c5cccc(-c6nc7ccccc7c7c(-c8ccccc8)c8c(cc67)oc6ccccc68)c5)cc4)c4ccccc4n3)cc2)cc1. The van der Waals surface area contributed by atoms with Gasteiger partial charge in [-0.25, -0.2) is 15.0 Å². The Balaban J connectivity index is 0.974. The van der Waals surface area contributed by atoms with Gasteiger partial charge in [0.05, 0.1) is 22.4 Å². The van der Waals surface area contributed by atoms with E-state index in [1.807, 2.05) is 18.2 Å². The highest BCUT2D eigenvalue weighted by Gasteiger charge is 2.22. The molecule has 0 amide bonds. The van der Waals surface area contributed by atoms with Gasteiger partial charge in [-0.05, 0) is 58.1 Å². The zero-order chi connectivity index (χ0) is 40.3. The summed E-state index contributed by atoms with van der Waals surface area (Å²) in [7, 11) is 0. The van der Waals surface area contributed by atoms with Crippen molar-refractivity contribution in [2.24, 2.45) is 0 Å². The van der Waals surface area contributed by atoms with E-state index in [0.29, 0.717) is 5.82 Å². The van der Waals surface area contributed by atoms with Gasteiger partial charge in [0, 0.05) is 54.6 Å². The average Bonchev–Trinajstić information content (AvgIpc) is 3.71. The highest BCUT2D eigenvalue weighted by molar-refractivity contribution is 6.27. The van der Waals surface area contributed by atoms with Crippen LogP contribution in [0.5, 0.6) is 0 Å². The summed E-state index contributed by atoms with van der Waals surface area (Å²) in [6, 6.07) is 74.4. The lowest BCUT2D eigenvalue weighted by atomic mass is 9.89. The molecule has 0 saturated heterocycles. The quantitative estimate of drug-likeness (QED) is 0.158. The summed E-state index contributed by atoms with van der Waals surface area (Å²) in [5.41, 5.74) is 15.3. The number of hydrogen-bond donors (Lipinski definition) is 0. The van der Waals surface area contributed by atoms with Gasteiger partial charge in [0.2, 0.25) is 0 Å². The Morgan fingerprint density at radius 3 is 1.56 bits per heavy atom. The summed E-state index contributed by atoms with van der Waals surface area (Å²) in [5.74, 6) is 0.704. The summed E-state index contributed by atoms with van der Waals surface area (Å²) < 4.78 is 6.61. The first-order valence-electron chi connectivity index (χ1n) is 20.6. The van der Waals surface area contributed by atoms with E-state index in [4.69, 9.17) is 19.4 Å². The van der Waals surface area contributed by atoms with Crippen LogP contribution in [0.4, 0.5) is 0 Å². The van der Waals surface area contributed by atoms with Gasteiger partial charge in [0.15, 0.2) is 5.82 Å². The van der Waals surface area contributed by atoms with E-state index >= 15 is 0 Å². The second kappa shape index (κ2) is 14.3. The third-order valence-electron chi connectivity index (χ3n) is 11.9. The predicted octanol–water partition coefficient (Wildman–Crippen LogP) is 15.2. The second-order valence-electron chi connectivity index (χ2n) is 15.5. The molecule has 9 aromatic carbocycles. The highest BCUT2D eigenvalue weighted by Crippen LogP contribution is 2.46. The van der Waals surface area contributed by atoms with Crippen LogP contribution in [-0.4, -0.2) is 15.0 Å². The van der Waals surface area contributed by atoms with Crippen molar-refractivity contribution in [1.29, 1.82) is 0 Å². The minimum absolute atomic E-state index is 0.704. The molecule has 3 heterocycles. The van der Waals surface area contributed by atoms with Crippen LogP contribution < -0.4 is 0 Å². The third-order valence-corrected chi connectivity index (χ3v) is 11.9. The topological polar surface area (TPSA) is 51.8 Å². The van der Waals surface area contributed by atoms with E-state index in [0.717, 1.165) is 105 Å². The first kappa shape index (κ1) is 34.8. The monoisotopic (exact) mass is 777 g/mol. The minimum atomic E-state index is 0.704. The number of aromatic nitrogens is 3. The zero-order valence-corrected chi connectivity index (χ0v) is 33.0. The fourth-order valence-electron chi connectivity index (χ4n) is 8.96. The molecular formula is C57H35N3O. The lowest BCUT2D eigenvalue weighted by Crippen LogP contribution is -1.95. The first-order valence-corrected chi connectivity index (χ1v) is 20.6. The molecule has 0 aliphatic heterocycles. The Labute approximate surface area is 352 Å². The molecule has 0 radical (unpaired) electrons. The van der Waals surface area contributed by atoms with Gasteiger partial charge >= 0.3 is 0 Å². The van der Waals surface area contributed by atoms with E-state index in [-0.39, 0.29) is 0 Å². The van der Waals surface area contributed by atoms with Crippen molar-refractivity contribution in [1.82, 2.24) is 15.0 Å². The molecule has 61 heavy (non-hydrogen) atoms. The maximum absolute atomic E-state index is 6.61. The Morgan fingerprint density at radius 2 is 0.803 bits per heavy atom. The second-order valence-corrected chi connectivity index (χ2v) is 15.5. The first-order chi connectivity index (χ1) is 30.2. The molecule has 0 saturated carbocycles. The normalized spacial score (nSPS) is 11.6. The molecule has 0 unspecified atom stereocenters. The van der Waals surface area contributed by atoms with Gasteiger partial charge in [-0.15, -0.1) is 0 Å². The summed E-state index contributed by atoms with van der Waals surface area (Å²) in [6.45, 7) is 0. The minimum Gasteiger partial charge on any atom is -0.456 e. The summed E-state index contributed by atoms with van der Waals surface area (Å²) >= 11 is 0. The molecule has 0 aliphatic carbocycles. The van der Waals surface area contributed by atoms with Gasteiger partial charge in [0.1, 0.15) is 11.2 Å². The van der Waals surface area contributed by atoms with E-state index in [9.17, 15) is 0 Å². The van der Waals surface area contributed by atoms with Crippen molar-refractivity contribution in [2.75, 3.05) is 0 Å². The van der Waals surface area contributed by atoms with Crippen LogP contribution in [0, 0.1) is 0 Å². The highest BCUT2D eigenvalue weighted by atomic mass is 16.3. The number of nitrogens with zero attached hydrogens (tertiary/aromatic N) is 3.